The Balaban J connectivity index is 1.49. The van der Waals surface area contributed by atoms with Crippen molar-refractivity contribution in [2.24, 2.45) is 0 Å². The SMILES string of the molecule is O=C1CCC(=O)N[C@H](CCCc2ccccc2)C(=O)N[C@@H](Cc2ccc(C(F)(F)F)cc2)C(=O)N[C@H](Cc2ccccc2)C(=O)N[C@H](C(=O)O)Cc2ccc(cc2)N1. The first-order valence-electron chi connectivity index (χ1n) is 18.8. The van der Waals surface area contributed by atoms with Crippen LogP contribution in [0.25, 0.3) is 0 Å². The molecular formula is C43H44F3N5O7. The van der Waals surface area contributed by atoms with Crippen LogP contribution in [0, 0.1) is 0 Å². The van der Waals surface area contributed by atoms with E-state index in [-0.39, 0.29) is 44.1 Å². The number of carbonyl (C=O) groups is 6. The maximum atomic E-state index is 14.2. The quantitative estimate of drug-likeness (QED) is 0.135. The molecule has 15 heteroatoms. The van der Waals surface area contributed by atoms with Crippen molar-refractivity contribution in [2.75, 3.05) is 5.32 Å². The fraction of sp³-hybridized carbons (Fsp3) is 0.302. The van der Waals surface area contributed by atoms with Gasteiger partial charge in [0, 0.05) is 37.8 Å². The highest BCUT2D eigenvalue weighted by Gasteiger charge is 2.33. The third-order valence-electron chi connectivity index (χ3n) is 9.59. The van der Waals surface area contributed by atoms with Crippen molar-refractivity contribution >= 4 is 41.2 Å². The highest BCUT2D eigenvalue weighted by molar-refractivity contribution is 5.96. The summed E-state index contributed by atoms with van der Waals surface area (Å²) in [7, 11) is 0. The molecule has 2 aliphatic rings. The number of carboxylic acids is 1. The predicted molar refractivity (Wildman–Crippen MR) is 208 cm³/mol. The van der Waals surface area contributed by atoms with Crippen LogP contribution in [0.15, 0.2) is 109 Å². The van der Waals surface area contributed by atoms with Gasteiger partial charge in [0.05, 0.1) is 5.56 Å². The van der Waals surface area contributed by atoms with Crippen molar-refractivity contribution in [1.82, 2.24) is 21.3 Å². The van der Waals surface area contributed by atoms with Gasteiger partial charge in [0.1, 0.15) is 24.2 Å². The second kappa shape index (κ2) is 20.1. The van der Waals surface area contributed by atoms with E-state index in [0.29, 0.717) is 29.7 Å². The third-order valence-corrected chi connectivity index (χ3v) is 9.59. The maximum Gasteiger partial charge on any atom is 0.416 e. The van der Waals surface area contributed by atoms with Gasteiger partial charge in [-0.25, -0.2) is 4.79 Å². The Bertz CT molecular complexity index is 2050. The van der Waals surface area contributed by atoms with Gasteiger partial charge in [-0.2, -0.15) is 13.2 Å². The molecule has 0 aromatic heterocycles. The zero-order chi connectivity index (χ0) is 41.7. The number of hydrogen-bond donors (Lipinski definition) is 6. The smallest absolute Gasteiger partial charge is 0.416 e. The Morgan fingerprint density at radius 3 is 1.69 bits per heavy atom. The van der Waals surface area contributed by atoms with Crippen LogP contribution in [0.1, 0.15) is 53.5 Å². The number of halogens is 3. The van der Waals surface area contributed by atoms with Crippen LogP contribution in [-0.4, -0.2) is 64.8 Å². The zero-order valence-electron chi connectivity index (χ0n) is 31.4. The van der Waals surface area contributed by atoms with Crippen LogP contribution >= 0.6 is 0 Å². The molecule has 0 unspecified atom stereocenters. The second-order valence-electron chi connectivity index (χ2n) is 14.1. The van der Waals surface area contributed by atoms with Gasteiger partial charge in [-0.15, -0.1) is 0 Å². The molecule has 304 valence electrons. The average Bonchev–Trinajstić information content (AvgIpc) is 3.19. The lowest BCUT2D eigenvalue weighted by Gasteiger charge is -2.26. The second-order valence-corrected chi connectivity index (χ2v) is 14.1. The lowest BCUT2D eigenvalue weighted by Crippen LogP contribution is -2.58. The molecule has 4 aromatic rings. The largest absolute Gasteiger partial charge is 0.480 e. The van der Waals surface area contributed by atoms with E-state index in [9.17, 15) is 47.0 Å². The molecular weight excluding hydrogens is 755 g/mol. The maximum absolute atomic E-state index is 14.2. The van der Waals surface area contributed by atoms with Gasteiger partial charge >= 0.3 is 12.1 Å². The highest BCUT2D eigenvalue weighted by Crippen LogP contribution is 2.29. The minimum atomic E-state index is -4.62. The molecule has 12 nitrogen and oxygen atoms in total. The average molecular weight is 800 g/mol. The third kappa shape index (κ3) is 13.0. The van der Waals surface area contributed by atoms with Gasteiger partial charge in [-0.3, -0.25) is 24.0 Å². The summed E-state index contributed by atoms with van der Waals surface area (Å²) in [6.07, 6.45) is -4.59. The molecule has 6 N–H and O–H groups in total. The molecule has 2 aliphatic heterocycles. The zero-order valence-corrected chi connectivity index (χ0v) is 31.4. The topological polar surface area (TPSA) is 183 Å². The molecule has 0 saturated heterocycles. The summed E-state index contributed by atoms with van der Waals surface area (Å²) in [5.74, 6) is -4.96. The number of carboxylic acid groups (broad SMARTS) is 1. The fourth-order valence-electron chi connectivity index (χ4n) is 6.45. The summed E-state index contributed by atoms with van der Waals surface area (Å²) in [6.45, 7) is 0. The Kier molecular flexibility index (Phi) is 14.8. The van der Waals surface area contributed by atoms with Crippen LogP contribution in [0.5, 0.6) is 0 Å². The molecule has 6 rings (SSSR count). The number of fused-ring (bicyclic) bond motifs is 18. The first-order chi connectivity index (χ1) is 27.7. The molecule has 0 aliphatic carbocycles. The van der Waals surface area contributed by atoms with E-state index < -0.39 is 71.4 Å². The summed E-state index contributed by atoms with van der Waals surface area (Å²) < 4.78 is 40.2. The van der Waals surface area contributed by atoms with Gasteiger partial charge < -0.3 is 31.7 Å². The molecule has 2 bridgehead atoms. The standard InChI is InChI=1S/C43H44F3N5O7/c44-43(45,46)31-18-14-29(15-19-31)25-35-40(55)50-34(24-28-10-5-2-6-11-28)41(56)51-36(42(57)58)26-30-16-20-32(21-17-30)47-37(52)22-23-38(53)48-33(39(54)49-35)13-7-12-27-8-3-1-4-9-27/h1-6,8-11,14-21,33-36H,7,12-13,22-26H2,(H,47,52)(H,48,53)(H,49,54)(H,50,55)(H,51,56)(H,57,58)/t33-,34-,35+,36+/m1/s1. The summed E-state index contributed by atoms with van der Waals surface area (Å²) in [5, 5.41) is 23.3. The number of aryl methyl sites for hydroxylation is 1. The lowest BCUT2D eigenvalue weighted by atomic mass is 9.99. The number of benzene rings is 4. The van der Waals surface area contributed by atoms with Crippen molar-refractivity contribution in [3.8, 4) is 0 Å². The first kappa shape index (κ1) is 42.6. The van der Waals surface area contributed by atoms with E-state index in [0.717, 1.165) is 17.7 Å². The molecule has 58 heavy (non-hydrogen) atoms. The molecule has 4 aromatic carbocycles. The molecule has 4 atom stereocenters. The van der Waals surface area contributed by atoms with Crippen molar-refractivity contribution in [3.63, 3.8) is 0 Å². The molecule has 0 radical (unpaired) electrons. The van der Waals surface area contributed by atoms with Gasteiger partial charge in [0.25, 0.3) is 0 Å². The van der Waals surface area contributed by atoms with Crippen molar-refractivity contribution in [2.45, 2.75) is 81.7 Å². The van der Waals surface area contributed by atoms with E-state index in [1.54, 1.807) is 54.6 Å². The molecule has 0 spiro atoms. The van der Waals surface area contributed by atoms with Crippen molar-refractivity contribution < 1.29 is 47.0 Å². The van der Waals surface area contributed by atoms with Crippen LogP contribution < -0.4 is 26.6 Å². The normalized spacial score (nSPS) is 20.1. The van der Waals surface area contributed by atoms with Gasteiger partial charge in [0.15, 0.2) is 0 Å². The van der Waals surface area contributed by atoms with Gasteiger partial charge in [-0.05, 0) is 65.8 Å². The molecule has 0 fully saturated rings. The minimum Gasteiger partial charge on any atom is -0.480 e. The molecule has 0 saturated carbocycles. The van der Waals surface area contributed by atoms with E-state index in [2.05, 4.69) is 26.6 Å². The van der Waals surface area contributed by atoms with Crippen molar-refractivity contribution in [3.05, 3.63) is 137 Å². The Morgan fingerprint density at radius 2 is 1.12 bits per heavy atom. The Labute approximate surface area is 333 Å². The van der Waals surface area contributed by atoms with E-state index in [4.69, 9.17) is 0 Å². The number of rotatable bonds is 9. The predicted octanol–water partition coefficient (Wildman–Crippen LogP) is 4.51. The number of nitrogens with one attached hydrogen (secondary N) is 5. The van der Waals surface area contributed by atoms with E-state index in [1.807, 2.05) is 30.3 Å². The number of carbonyl (C=O) groups excluding carboxylic acids is 5. The summed E-state index contributed by atoms with van der Waals surface area (Å²) in [5.41, 5.74) is 1.82. The number of anilines is 1. The van der Waals surface area contributed by atoms with Crippen LogP contribution in [0.4, 0.5) is 18.9 Å². The fourth-order valence-corrected chi connectivity index (χ4v) is 6.45. The monoisotopic (exact) mass is 799 g/mol. The number of amides is 5. The molecule has 5 amide bonds. The van der Waals surface area contributed by atoms with Gasteiger partial charge in [-0.1, -0.05) is 84.9 Å². The van der Waals surface area contributed by atoms with Crippen LogP contribution in [0.3, 0.4) is 0 Å². The van der Waals surface area contributed by atoms with Crippen LogP contribution in [-0.2, 0) is 60.6 Å². The number of hydrogen-bond acceptors (Lipinski definition) is 6. The van der Waals surface area contributed by atoms with Crippen LogP contribution in [0.2, 0.25) is 0 Å². The highest BCUT2D eigenvalue weighted by atomic mass is 19.4. The van der Waals surface area contributed by atoms with Gasteiger partial charge in [0.2, 0.25) is 29.5 Å². The summed E-state index contributed by atoms with van der Waals surface area (Å²) >= 11 is 0. The van der Waals surface area contributed by atoms with Crippen molar-refractivity contribution in [1.29, 1.82) is 0 Å². The number of alkyl halides is 3. The van der Waals surface area contributed by atoms with E-state index in [1.165, 1.54) is 12.1 Å². The Hall–Kier alpha value is -6.51. The number of aliphatic carboxylic acids is 1. The minimum absolute atomic E-state index is 0.0851. The first-order valence-corrected chi connectivity index (χ1v) is 18.8. The summed E-state index contributed by atoms with van der Waals surface area (Å²) in [4.78, 5) is 80.5. The molecule has 2 heterocycles. The van der Waals surface area contributed by atoms with E-state index >= 15 is 0 Å². The summed E-state index contributed by atoms with van der Waals surface area (Å²) in [6, 6.07) is 22.8. The lowest BCUT2D eigenvalue weighted by molar-refractivity contribution is -0.142. The Morgan fingerprint density at radius 1 is 0.603 bits per heavy atom.